The van der Waals surface area contributed by atoms with Gasteiger partial charge in [-0.25, -0.2) is 9.18 Å². The number of amides is 1. The van der Waals surface area contributed by atoms with E-state index in [0.29, 0.717) is 5.69 Å². The molecule has 0 saturated heterocycles. The molecule has 6 nitrogen and oxygen atoms in total. The number of ether oxygens (including phenoxy) is 2. The summed E-state index contributed by atoms with van der Waals surface area (Å²) in [6.07, 6.45) is -1.06. The maximum Gasteiger partial charge on any atom is 0.344 e. The van der Waals surface area contributed by atoms with Gasteiger partial charge < -0.3 is 14.8 Å². The molecule has 0 aromatic heterocycles. The van der Waals surface area contributed by atoms with Crippen LogP contribution in [0, 0.1) is 17.1 Å². The van der Waals surface area contributed by atoms with Crippen molar-refractivity contribution in [3.63, 3.8) is 0 Å². The standard InChI is InChI=1S/C18H15FN2O4/c1-12(18(23)21-15-8-6-14(19)7-9-15)25-17(22)11-24-16-5-3-2-4-13(16)10-20/h2-9,12H,11H2,1H3,(H,21,23)/t12-/m1/s1. The van der Waals surface area contributed by atoms with E-state index < -0.39 is 30.4 Å². The van der Waals surface area contributed by atoms with Gasteiger partial charge in [-0.3, -0.25) is 4.79 Å². The predicted octanol–water partition coefficient (Wildman–Crippen LogP) is 2.65. The summed E-state index contributed by atoms with van der Waals surface area (Å²) in [6.45, 7) is 0.965. The van der Waals surface area contributed by atoms with E-state index in [9.17, 15) is 14.0 Å². The molecule has 0 radical (unpaired) electrons. The van der Waals surface area contributed by atoms with Gasteiger partial charge in [0.05, 0.1) is 5.56 Å². The Morgan fingerprint density at radius 1 is 1.20 bits per heavy atom. The van der Waals surface area contributed by atoms with Gasteiger partial charge in [-0.2, -0.15) is 5.26 Å². The highest BCUT2D eigenvalue weighted by molar-refractivity contribution is 5.95. The van der Waals surface area contributed by atoms with Crippen molar-refractivity contribution in [3.05, 3.63) is 59.9 Å². The van der Waals surface area contributed by atoms with Gasteiger partial charge in [0.25, 0.3) is 5.91 Å². The van der Waals surface area contributed by atoms with Crippen molar-refractivity contribution in [1.29, 1.82) is 5.26 Å². The second-order valence-corrected chi connectivity index (χ2v) is 5.02. The van der Waals surface area contributed by atoms with Crippen molar-refractivity contribution in [1.82, 2.24) is 0 Å². The summed E-state index contributed by atoms with van der Waals surface area (Å²) in [6, 6.07) is 13.6. The molecule has 7 heteroatoms. The van der Waals surface area contributed by atoms with E-state index in [1.165, 1.54) is 31.2 Å². The number of nitriles is 1. The maximum absolute atomic E-state index is 12.8. The topological polar surface area (TPSA) is 88.4 Å². The molecule has 25 heavy (non-hydrogen) atoms. The van der Waals surface area contributed by atoms with E-state index in [4.69, 9.17) is 14.7 Å². The summed E-state index contributed by atoms with van der Waals surface area (Å²) in [5.74, 6) is -1.48. The Hall–Kier alpha value is -3.40. The first-order valence-corrected chi connectivity index (χ1v) is 7.37. The monoisotopic (exact) mass is 342 g/mol. The number of carbonyl (C=O) groups excluding carboxylic acids is 2. The van der Waals surface area contributed by atoms with Gasteiger partial charge in [0.1, 0.15) is 17.6 Å². The van der Waals surface area contributed by atoms with Crippen LogP contribution < -0.4 is 10.1 Å². The average Bonchev–Trinajstić information content (AvgIpc) is 2.62. The fourth-order valence-electron chi connectivity index (χ4n) is 1.88. The highest BCUT2D eigenvalue weighted by atomic mass is 19.1. The zero-order valence-electron chi connectivity index (χ0n) is 13.4. The number of nitrogens with zero attached hydrogens (tertiary/aromatic N) is 1. The number of halogens is 1. The molecule has 2 rings (SSSR count). The summed E-state index contributed by atoms with van der Waals surface area (Å²) in [4.78, 5) is 23.7. The van der Waals surface area contributed by atoms with E-state index in [1.807, 2.05) is 6.07 Å². The van der Waals surface area contributed by atoms with Crippen molar-refractivity contribution >= 4 is 17.6 Å². The van der Waals surface area contributed by atoms with Gasteiger partial charge >= 0.3 is 5.97 Å². The van der Waals surface area contributed by atoms with Crippen LogP contribution in [0.4, 0.5) is 10.1 Å². The quantitative estimate of drug-likeness (QED) is 0.815. The molecule has 0 spiro atoms. The predicted molar refractivity (Wildman–Crippen MR) is 87.2 cm³/mol. The van der Waals surface area contributed by atoms with Crippen LogP contribution in [-0.2, 0) is 14.3 Å². The number of nitrogens with one attached hydrogen (secondary N) is 1. The highest BCUT2D eigenvalue weighted by Gasteiger charge is 2.18. The van der Waals surface area contributed by atoms with Gasteiger partial charge in [0, 0.05) is 5.69 Å². The third-order valence-corrected chi connectivity index (χ3v) is 3.14. The average molecular weight is 342 g/mol. The summed E-state index contributed by atoms with van der Waals surface area (Å²) >= 11 is 0. The van der Waals surface area contributed by atoms with Crippen molar-refractivity contribution in [2.75, 3.05) is 11.9 Å². The molecule has 1 N–H and O–H groups in total. The highest BCUT2D eigenvalue weighted by Crippen LogP contribution is 2.16. The number of anilines is 1. The summed E-state index contributed by atoms with van der Waals surface area (Å²) in [7, 11) is 0. The van der Waals surface area contributed by atoms with Crippen LogP contribution in [0.1, 0.15) is 12.5 Å². The molecule has 0 aliphatic heterocycles. The number of benzene rings is 2. The number of para-hydroxylation sites is 1. The number of hydrogen-bond acceptors (Lipinski definition) is 5. The number of rotatable bonds is 6. The second-order valence-electron chi connectivity index (χ2n) is 5.02. The molecule has 0 unspecified atom stereocenters. The van der Waals surface area contributed by atoms with Gasteiger partial charge in [0.2, 0.25) is 0 Å². The van der Waals surface area contributed by atoms with Crippen LogP contribution in [0.2, 0.25) is 0 Å². The minimum Gasteiger partial charge on any atom is -0.481 e. The lowest BCUT2D eigenvalue weighted by Crippen LogP contribution is -2.31. The smallest absolute Gasteiger partial charge is 0.344 e. The Balaban J connectivity index is 1.84. The van der Waals surface area contributed by atoms with E-state index in [-0.39, 0.29) is 11.3 Å². The first kappa shape index (κ1) is 17.9. The molecule has 1 amide bonds. The van der Waals surface area contributed by atoms with E-state index in [1.54, 1.807) is 24.3 Å². The summed E-state index contributed by atoms with van der Waals surface area (Å²) in [5.41, 5.74) is 0.672. The first-order chi connectivity index (χ1) is 12.0. The van der Waals surface area contributed by atoms with E-state index in [0.717, 1.165) is 0 Å². The van der Waals surface area contributed by atoms with Crippen LogP contribution in [0.25, 0.3) is 0 Å². The molecule has 0 bridgehead atoms. The fourth-order valence-corrected chi connectivity index (χ4v) is 1.88. The zero-order chi connectivity index (χ0) is 18.2. The molecule has 2 aromatic rings. The molecule has 0 fully saturated rings. The Bertz CT molecular complexity index is 799. The van der Waals surface area contributed by atoms with Crippen molar-refractivity contribution in [2.45, 2.75) is 13.0 Å². The van der Waals surface area contributed by atoms with Gasteiger partial charge in [-0.1, -0.05) is 12.1 Å². The molecule has 2 aromatic carbocycles. The van der Waals surface area contributed by atoms with Gasteiger partial charge in [0.15, 0.2) is 12.7 Å². The Morgan fingerprint density at radius 2 is 1.88 bits per heavy atom. The number of carbonyl (C=O) groups is 2. The number of esters is 1. The lowest BCUT2D eigenvalue weighted by atomic mass is 10.2. The summed E-state index contributed by atoms with van der Waals surface area (Å²) < 4.78 is 23.0. The zero-order valence-corrected chi connectivity index (χ0v) is 13.4. The van der Waals surface area contributed by atoms with Crippen LogP contribution in [0.3, 0.4) is 0 Å². The van der Waals surface area contributed by atoms with E-state index in [2.05, 4.69) is 5.32 Å². The van der Waals surface area contributed by atoms with Crippen LogP contribution in [-0.4, -0.2) is 24.6 Å². The third-order valence-electron chi connectivity index (χ3n) is 3.14. The minimum absolute atomic E-state index is 0.255. The molecule has 0 aliphatic carbocycles. The lowest BCUT2D eigenvalue weighted by molar-refractivity contribution is -0.155. The van der Waals surface area contributed by atoms with Gasteiger partial charge in [-0.05, 0) is 43.3 Å². The molecular weight excluding hydrogens is 327 g/mol. The van der Waals surface area contributed by atoms with Crippen molar-refractivity contribution in [3.8, 4) is 11.8 Å². The maximum atomic E-state index is 12.8. The first-order valence-electron chi connectivity index (χ1n) is 7.37. The van der Waals surface area contributed by atoms with Crippen LogP contribution in [0.15, 0.2) is 48.5 Å². The van der Waals surface area contributed by atoms with Crippen LogP contribution in [0.5, 0.6) is 5.75 Å². The fraction of sp³-hybridized carbons (Fsp3) is 0.167. The molecule has 0 saturated carbocycles. The minimum atomic E-state index is -1.06. The Kier molecular flexibility index (Phi) is 6.07. The second kappa shape index (κ2) is 8.45. The number of hydrogen-bond donors (Lipinski definition) is 1. The molecule has 0 heterocycles. The van der Waals surface area contributed by atoms with E-state index >= 15 is 0 Å². The Labute approximate surface area is 143 Å². The van der Waals surface area contributed by atoms with Crippen molar-refractivity contribution < 1.29 is 23.5 Å². The molecule has 128 valence electrons. The van der Waals surface area contributed by atoms with Crippen molar-refractivity contribution in [2.24, 2.45) is 0 Å². The normalized spacial score (nSPS) is 11.1. The molecular formula is C18H15FN2O4. The third kappa shape index (κ3) is 5.32. The van der Waals surface area contributed by atoms with Gasteiger partial charge in [-0.15, -0.1) is 0 Å². The molecule has 1 atom stereocenters. The summed E-state index contributed by atoms with van der Waals surface area (Å²) in [5, 5.41) is 11.4. The van der Waals surface area contributed by atoms with Crippen LogP contribution >= 0.6 is 0 Å². The Morgan fingerprint density at radius 3 is 2.56 bits per heavy atom. The molecule has 0 aliphatic rings. The largest absolute Gasteiger partial charge is 0.481 e. The SMILES string of the molecule is C[C@@H](OC(=O)COc1ccccc1C#N)C(=O)Nc1ccc(F)cc1. The lowest BCUT2D eigenvalue weighted by Gasteiger charge is -2.14.